The van der Waals surface area contributed by atoms with Crippen LogP contribution in [0.15, 0.2) is 16.6 Å². The van der Waals surface area contributed by atoms with E-state index in [4.69, 9.17) is 10.00 Å². The molecule has 1 aromatic carbocycles. The molecular formula is C11H10BrNO3. The van der Waals surface area contributed by atoms with E-state index in [2.05, 4.69) is 20.7 Å². The van der Waals surface area contributed by atoms with Crippen molar-refractivity contribution in [2.75, 3.05) is 14.2 Å². The lowest BCUT2D eigenvalue weighted by molar-refractivity contribution is -0.139. The van der Waals surface area contributed by atoms with E-state index < -0.39 is 0 Å². The first-order valence-corrected chi connectivity index (χ1v) is 5.25. The normalized spacial score (nSPS) is 9.38. The zero-order chi connectivity index (χ0) is 12.1. The van der Waals surface area contributed by atoms with E-state index in [0.717, 1.165) is 0 Å². The van der Waals surface area contributed by atoms with E-state index in [9.17, 15) is 4.79 Å². The molecule has 0 atom stereocenters. The van der Waals surface area contributed by atoms with Crippen LogP contribution in [0.3, 0.4) is 0 Å². The summed E-state index contributed by atoms with van der Waals surface area (Å²) in [6.45, 7) is 0. The molecule has 0 bridgehead atoms. The van der Waals surface area contributed by atoms with Crippen LogP contribution in [0.4, 0.5) is 0 Å². The van der Waals surface area contributed by atoms with Crippen LogP contribution in [-0.4, -0.2) is 20.2 Å². The highest BCUT2D eigenvalue weighted by atomic mass is 79.9. The van der Waals surface area contributed by atoms with Crippen molar-refractivity contribution in [2.24, 2.45) is 0 Å². The third-order valence-electron chi connectivity index (χ3n) is 2.02. The summed E-state index contributed by atoms with van der Waals surface area (Å²) in [5, 5.41) is 8.90. The Bertz CT molecular complexity index is 451. The van der Waals surface area contributed by atoms with E-state index >= 15 is 0 Å². The number of nitriles is 1. The zero-order valence-corrected chi connectivity index (χ0v) is 10.5. The van der Waals surface area contributed by atoms with Gasteiger partial charge in [-0.3, -0.25) is 4.79 Å². The fourth-order valence-corrected chi connectivity index (χ4v) is 1.71. The molecule has 1 rings (SSSR count). The molecule has 0 radical (unpaired) electrons. The van der Waals surface area contributed by atoms with Gasteiger partial charge in [-0.05, 0) is 33.6 Å². The zero-order valence-electron chi connectivity index (χ0n) is 8.91. The molecule has 0 aromatic heterocycles. The van der Waals surface area contributed by atoms with Crippen LogP contribution in [0.25, 0.3) is 0 Å². The van der Waals surface area contributed by atoms with Gasteiger partial charge >= 0.3 is 5.97 Å². The van der Waals surface area contributed by atoms with Gasteiger partial charge in [0, 0.05) is 0 Å². The molecule has 0 aliphatic heterocycles. The topological polar surface area (TPSA) is 59.3 Å². The number of carbonyl (C=O) groups excluding carboxylic acids is 1. The van der Waals surface area contributed by atoms with Gasteiger partial charge in [-0.25, -0.2) is 0 Å². The first-order chi connectivity index (χ1) is 7.62. The molecule has 0 fully saturated rings. The molecule has 0 aliphatic rings. The molecule has 0 spiro atoms. The van der Waals surface area contributed by atoms with E-state index in [1.165, 1.54) is 14.2 Å². The van der Waals surface area contributed by atoms with Crippen molar-refractivity contribution < 1.29 is 14.3 Å². The van der Waals surface area contributed by atoms with Crippen LogP contribution in [0.5, 0.6) is 5.75 Å². The van der Waals surface area contributed by atoms with Gasteiger partial charge in [0.15, 0.2) is 0 Å². The smallest absolute Gasteiger partial charge is 0.309 e. The number of esters is 1. The Labute approximate surface area is 102 Å². The molecule has 0 aliphatic carbocycles. The molecule has 1 aromatic rings. The van der Waals surface area contributed by atoms with Gasteiger partial charge in [-0.15, -0.1) is 0 Å². The number of carbonyl (C=O) groups is 1. The van der Waals surface area contributed by atoms with Crippen LogP contribution < -0.4 is 4.74 Å². The fourth-order valence-electron chi connectivity index (χ4n) is 1.23. The lowest BCUT2D eigenvalue weighted by Crippen LogP contribution is -2.05. The maximum Gasteiger partial charge on any atom is 0.309 e. The summed E-state index contributed by atoms with van der Waals surface area (Å²) < 4.78 is 10.2. The number of ether oxygens (including phenoxy) is 2. The molecule has 16 heavy (non-hydrogen) atoms. The van der Waals surface area contributed by atoms with Crippen LogP contribution in [0, 0.1) is 11.3 Å². The number of hydrogen-bond donors (Lipinski definition) is 0. The molecule has 0 N–H and O–H groups in total. The van der Waals surface area contributed by atoms with Gasteiger partial charge < -0.3 is 9.47 Å². The molecule has 4 nitrogen and oxygen atoms in total. The van der Waals surface area contributed by atoms with E-state index in [-0.39, 0.29) is 12.4 Å². The minimum Gasteiger partial charge on any atom is -0.496 e. The average molecular weight is 284 g/mol. The molecule has 0 saturated carbocycles. The van der Waals surface area contributed by atoms with Gasteiger partial charge in [0.2, 0.25) is 0 Å². The number of halogens is 1. The quantitative estimate of drug-likeness (QED) is 0.797. The molecule has 0 heterocycles. The van der Waals surface area contributed by atoms with Crippen molar-refractivity contribution >= 4 is 21.9 Å². The lowest BCUT2D eigenvalue weighted by atomic mass is 10.1. The van der Waals surface area contributed by atoms with Crippen LogP contribution in [-0.2, 0) is 16.0 Å². The van der Waals surface area contributed by atoms with E-state index in [1.807, 2.05) is 6.07 Å². The van der Waals surface area contributed by atoms with E-state index in [0.29, 0.717) is 21.3 Å². The Morgan fingerprint density at radius 3 is 2.69 bits per heavy atom. The van der Waals surface area contributed by atoms with Crippen molar-refractivity contribution in [1.29, 1.82) is 5.26 Å². The van der Waals surface area contributed by atoms with Crippen molar-refractivity contribution in [3.05, 3.63) is 27.7 Å². The monoisotopic (exact) mass is 283 g/mol. The van der Waals surface area contributed by atoms with Crippen LogP contribution >= 0.6 is 15.9 Å². The summed E-state index contributed by atoms with van der Waals surface area (Å²) in [6, 6.07) is 5.35. The van der Waals surface area contributed by atoms with Gasteiger partial charge in [0.25, 0.3) is 0 Å². The fraction of sp³-hybridized carbons (Fsp3) is 0.273. The van der Waals surface area contributed by atoms with Crippen LogP contribution in [0.2, 0.25) is 0 Å². The third-order valence-corrected chi connectivity index (χ3v) is 2.83. The van der Waals surface area contributed by atoms with Crippen LogP contribution in [0.1, 0.15) is 11.1 Å². The number of methoxy groups -OCH3 is 2. The average Bonchev–Trinajstić information content (AvgIpc) is 2.30. The first-order valence-electron chi connectivity index (χ1n) is 4.45. The van der Waals surface area contributed by atoms with Crippen molar-refractivity contribution in [3.8, 4) is 11.8 Å². The highest BCUT2D eigenvalue weighted by molar-refractivity contribution is 9.10. The molecule has 84 valence electrons. The van der Waals surface area contributed by atoms with Crippen molar-refractivity contribution in [1.82, 2.24) is 0 Å². The Balaban J connectivity index is 3.13. The Kier molecular flexibility index (Phi) is 4.32. The minimum atomic E-state index is -0.353. The number of rotatable bonds is 3. The molecule has 0 saturated heterocycles. The summed E-state index contributed by atoms with van der Waals surface area (Å²) >= 11 is 3.26. The first kappa shape index (κ1) is 12.5. The Morgan fingerprint density at radius 2 is 2.19 bits per heavy atom. The molecular weight excluding hydrogens is 274 g/mol. The number of benzene rings is 1. The van der Waals surface area contributed by atoms with Gasteiger partial charge in [0.1, 0.15) is 11.8 Å². The number of nitrogens with zero attached hydrogens (tertiary/aromatic N) is 1. The lowest BCUT2D eigenvalue weighted by Gasteiger charge is -2.07. The standard InChI is InChI=1S/C11H10BrNO3/c1-15-9-4-7(5-10(14)16-2)3-8(6-13)11(9)12/h3-4H,5H2,1-2H3. The summed E-state index contributed by atoms with van der Waals surface area (Å²) in [6.07, 6.45) is 0.120. The van der Waals surface area contributed by atoms with Gasteiger partial charge in [-0.2, -0.15) is 5.26 Å². The van der Waals surface area contributed by atoms with Crippen molar-refractivity contribution in [2.45, 2.75) is 6.42 Å². The highest BCUT2D eigenvalue weighted by Gasteiger charge is 2.11. The van der Waals surface area contributed by atoms with Crippen molar-refractivity contribution in [3.63, 3.8) is 0 Å². The number of hydrogen-bond acceptors (Lipinski definition) is 4. The molecule has 0 amide bonds. The minimum absolute atomic E-state index is 0.120. The summed E-state index contributed by atoms with van der Waals surface area (Å²) in [7, 11) is 2.83. The predicted molar refractivity (Wildman–Crippen MR) is 61.1 cm³/mol. The maximum absolute atomic E-state index is 11.1. The Morgan fingerprint density at radius 1 is 1.50 bits per heavy atom. The maximum atomic E-state index is 11.1. The Hall–Kier alpha value is -1.54. The van der Waals surface area contributed by atoms with E-state index in [1.54, 1.807) is 12.1 Å². The SMILES string of the molecule is COC(=O)Cc1cc(C#N)c(Br)c(OC)c1. The largest absolute Gasteiger partial charge is 0.496 e. The second-order valence-corrected chi connectivity index (χ2v) is 3.82. The second kappa shape index (κ2) is 5.52. The predicted octanol–water partition coefficient (Wildman–Crippen LogP) is 2.04. The third kappa shape index (κ3) is 2.74. The summed E-state index contributed by atoms with van der Waals surface area (Å²) in [4.78, 5) is 11.1. The van der Waals surface area contributed by atoms with Gasteiger partial charge in [-0.1, -0.05) is 0 Å². The molecule has 0 unspecified atom stereocenters. The highest BCUT2D eigenvalue weighted by Crippen LogP contribution is 2.30. The summed E-state index contributed by atoms with van der Waals surface area (Å²) in [5.74, 6) is 0.172. The molecule has 5 heteroatoms. The van der Waals surface area contributed by atoms with Gasteiger partial charge in [0.05, 0.1) is 30.7 Å². The summed E-state index contributed by atoms with van der Waals surface area (Å²) in [5.41, 5.74) is 1.11. The second-order valence-electron chi connectivity index (χ2n) is 3.02.